The largest absolute Gasteiger partial charge is 0.300 e. The summed E-state index contributed by atoms with van der Waals surface area (Å²) in [6, 6.07) is 40.3. The van der Waals surface area contributed by atoms with Gasteiger partial charge >= 0.3 is 0 Å². The summed E-state index contributed by atoms with van der Waals surface area (Å²) in [6.07, 6.45) is 2.02. The number of benzene rings is 4. The lowest BCUT2D eigenvalue weighted by molar-refractivity contribution is 0.929. The number of aromatic nitrogens is 7. The molecule has 8 rings (SSSR count). The van der Waals surface area contributed by atoms with Gasteiger partial charge in [-0.15, -0.1) is 0 Å². The molecule has 0 N–H and O–H groups in total. The number of pyridine rings is 1. The zero-order valence-corrected chi connectivity index (χ0v) is 21.3. The van der Waals surface area contributed by atoms with E-state index in [9.17, 15) is 0 Å². The van der Waals surface area contributed by atoms with E-state index in [2.05, 4.69) is 28.7 Å². The van der Waals surface area contributed by atoms with Crippen molar-refractivity contribution in [3.8, 4) is 40.1 Å². The van der Waals surface area contributed by atoms with Crippen LogP contribution in [0.5, 0.6) is 0 Å². The van der Waals surface area contributed by atoms with Crippen molar-refractivity contribution in [2.45, 2.75) is 0 Å². The second kappa shape index (κ2) is 8.96. The van der Waals surface area contributed by atoms with Gasteiger partial charge in [0, 0.05) is 22.9 Å². The predicted molar refractivity (Wildman–Crippen MR) is 157 cm³/mol. The zero-order valence-electron chi connectivity index (χ0n) is 21.3. The van der Waals surface area contributed by atoms with Crippen molar-refractivity contribution in [2.24, 2.45) is 0 Å². The van der Waals surface area contributed by atoms with Gasteiger partial charge < -0.3 is 0 Å². The zero-order chi connectivity index (χ0) is 26.5. The third-order valence-corrected chi connectivity index (χ3v) is 7.02. The van der Waals surface area contributed by atoms with E-state index in [-0.39, 0.29) is 0 Å². The molecule has 7 nitrogen and oxygen atoms in total. The minimum atomic E-state index is 0.497. The Morgan fingerprint density at radius 3 is 1.62 bits per heavy atom. The van der Waals surface area contributed by atoms with Gasteiger partial charge in [-0.25, -0.2) is 15.0 Å². The first kappa shape index (κ1) is 22.3. The SMILES string of the molecule is c1ccc(-c2nc(-c3ccccc3)nc(-n3c(-c4ccccc4)nc4c5nc6ccccn6c5ccc43)n2)cc1. The molecule has 4 aromatic carbocycles. The van der Waals surface area contributed by atoms with Crippen LogP contribution < -0.4 is 0 Å². The van der Waals surface area contributed by atoms with Crippen LogP contribution in [0.2, 0.25) is 0 Å². The Morgan fingerprint density at radius 1 is 0.425 bits per heavy atom. The predicted octanol–water partition coefficient (Wildman–Crippen LogP) is 7.01. The molecule has 0 aliphatic heterocycles. The fourth-order valence-electron chi connectivity index (χ4n) is 5.15. The highest BCUT2D eigenvalue weighted by Crippen LogP contribution is 2.33. The van der Waals surface area contributed by atoms with Crippen LogP contribution in [-0.2, 0) is 0 Å². The maximum absolute atomic E-state index is 5.17. The Hall–Kier alpha value is -5.69. The van der Waals surface area contributed by atoms with Crippen molar-refractivity contribution >= 4 is 27.7 Å². The quantitative estimate of drug-likeness (QED) is 0.252. The van der Waals surface area contributed by atoms with Gasteiger partial charge in [-0.05, 0) is 24.3 Å². The third-order valence-electron chi connectivity index (χ3n) is 7.02. The maximum Gasteiger partial charge on any atom is 0.240 e. The second-order valence-electron chi connectivity index (χ2n) is 9.49. The van der Waals surface area contributed by atoms with Gasteiger partial charge in [0.15, 0.2) is 11.6 Å². The van der Waals surface area contributed by atoms with Crippen LogP contribution >= 0.6 is 0 Å². The molecular formula is C33H21N7. The Kier molecular flexibility index (Phi) is 4.99. The molecule has 0 amide bonds. The molecule has 4 heterocycles. The Bertz CT molecular complexity index is 2090. The van der Waals surface area contributed by atoms with Crippen molar-refractivity contribution in [3.63, 3.8) is 0 Å². The summed E-state index contributed by atoms with van der Waals surface area (Å²) >= 11 is 0. The van der Waals surface area contributed by atoms with Crippen LogP contribution in [-0.4, -0.2) is 33.9 Å². The lowest BCUT2D eigenvalue weighted by atomic mass is 10.2. The fourth-order valence-corrected chi connectivity index (χ4v) is 5.15. The molecule has 0 unspecified atom stereocenters. The van der Waals surface area contributed by atoms with E-state index in [4.69, 9.17) is 24.9 Å². The molecule has 0 bridgehead atoms. The van der Waals surface area contributed by atoms with Crippen LogP contribution in [0.15, 0.2) is 128 Å². The molecule has 40 heavy (non-hydrogen) atoms. The topological polar surface area (TPSA) is 73.8 Å². The lowest BCUT2D eigenvalue weighted by Crippen LogP contribution is -2.07. The van der Waals surface area contributed by atoms with Gasteiger partial charge in [0.05, 0.1) is 11.0 Å². The highest BCUT2D eigenvalue weighted by atomic mass is 15.2. The summed E-state index contributed by atoms with van der Waals surface area (Å²) in [5.74, 6) is 2.43. The molecule has 0 saturated carbocycles. The van der Waals surface area contributed by atoms with E-state index < -0.39 is 0 Å². The van der Waals surface area contributed by atoms with Crippen molar-refractivity contribution in [3.05, 3.63) is 128 Å². The van der Waals surface area contributed by atoms with Crippen LogP contribution in [0, 0.1) is 0 Å². The molecule has 4 aromatic heterocycles. The highest BCUT2D eigenvalue weighted by molar-refractivity contribution is 6.04. The van der Waals surface area contributed by atoms with E-state index in [1.54, 1.807) is 0 Å². The van der Waals surface area contributed by atoms with Gasteiger partial charge in [-0.1, -0.05) is 97.1 Å². The summed E-state index contributed by atoms with van der Waals surface area (Å²) in [4.78, 5) is 25.0. The molecule has 0 aliphatic rings. The van der Waals surface area contributed by atoms with E-state index in [1.807, 2.05) is 108 Å². The average Bonchev–Trinajstić information content (AvgIpc) is 3.61. The van der Waals surface area contributed by atoms with Gasteiger partial charge in [0.25, 0.3) is 0 Å². The number of hydrogen-bond donors (Lipinski definition) is 0. The number of rotatable bonds is 4. The lowest BCUT2D eigenvalue weighted by Gasteiger charge is -2.11. The van der Waals surface area contributed by atoms with E-state index >= 15 is 0 Å². The summed E-state index contributed by atoms with van der Waals surface area (Å²) in [6.45, 7) is 0. The van der Waals surface area contributed by atoms with Gasteiger partial charge in [0.1, 0.15) is 22.5 Å². The van der Waals surface area contributed by atoms with E-state index in [0.717, 1.165) is 50.2 Å². The average molecular weight is 516 g/mol. The van der Waals surface area contributed by atoms with Gasteiger partial charge in [0.2, 0.25) is 5.95 Å². The molecule has 7 heteroatoms. The number of hydrogen-bond acceptors (Lipinski definition) is 5. The first-order valence-electron chi connectivity index (χ1n) is 13.0. The maximum atomic E-state index is 5.17. The minimum Gasteiger partial charge on any atom is -0.300 e. The summed E-state index contributed by atoms with van der Waals surface area (Å²) in [5.41, 5.74) is 7.16. The van der Waals surface area contributed by atoms with Crippen molar-refractivity contribution in [1.29, 1.82) is 0 Å². The van der Waals surface area contributed by atoms with Crippen LogP contribution in [0.3, 0.4) is 0 Å². The van der Waals surface area contributed by atoms with Gasteiger partial charge in [-0.3, -0.25) is 8.97 Å². The molecule has 0 aliphatic carbocycles. The second-order valence-corrected chi connectivity index (χ2v) is 9.49. The molecule has 188 valence electrons. The number of imidazole rings is 2. The monoisotopic (exact) mass is 515 g/mol. The van der Waals surface area contributed by atoms with Crippen LogP contribution in [0.1, 0.15) is 0 Å². The molecule has 0 spiro atoms. The summed E-state index contributed by atoms with van der Waals surface area (Å²) < 4.78 is 4.11. The van der Waals surface area contributed by atoms with Gasteiger partial charge in [-0.2, -0.15) is 9.97 Å². The molecule has 0 radical (unpaired) electrons. The summed E-state index contributed by atoms with van der Waals surface area (Å²) in [7, 11) is 0. The molecule has 0 saturated heterocycles. The van der Waals surface area contributed by atoms with Crippen molar-refractivity contribution in [1.82, 2.24) is 33.9 Å². The van der Waals surface area contributed by atoms with Crippen LogP contribution in [0.4, 0.5) is 0 Å². The van der Waals surface area contributed by atoms with Crippen LogP contribution in [0.25, 0.3) is 67.8 Å². The number of fused-ring (bicyclic) bond motifs is 5. The third kappa shape index (κ3) is 3.56. The Balaban J connectivity index is 1.47. The normalized spacial score (nSPS) is 11.5. The van der Waals surface area contributed by atoms with Crippen molar-refractivity contribution in [2.75, 3.05) is 0 Å². The molecular weight excluding hydrogens is 494 g/mol. The molecule has 8 aromatic rings. The first-order valence-corrected chi connectivity index (χ1v) is 13.0. The molecule has 0 atom stereocenters. The molecule has 0 fully saturated rings. The Labute approximate surface area is 229 Å². The van der Waals surface area contributed by atoms with E-state index in [0.29, 0.717) is 17.6 Å². The number of nitrogens with zero attached hydrogens (tertiary/aromatic N) is 7. The van der Waals surface area contributed by atoms with E-state index in [1.165, 1.54) is 0 Å². The van der Waals surface area contributed by atoms with Crippen molar-refractivity contribution < 1.29 is 0 Å². The minimum absolute atomic E-state index is 0.497. The standard InChI is InChI=1S/C33H21N7/c1-4-12-22(13-5-1)30-36-31(23-14-6-2-7-15-23)38-33(37-30)40-26-20-19-25-28(34-27-18-10-11-21-39(25)27)29(26)35-32(40)24-16-8-3-9-17-24/h1-21H. The fraction of sp³-hybridized carbons (Fsp3) is 0. The smallest absolute Gasteiger partial charge is 0.240 e. The first-order chi connectivity index (χ1) is 19.8. The highest BCUT2D eigenvalue weighted by Gasteiger charge is 2.22. The Morgan fingerprint density at radius 2 is 0.975 bits per heavy atom. The summed E-state index contributed by atoms with van der Waals surface area (Å²) in [5, 5.41) is 0.